The van der Waals surface area contributed by atoms with Crippen molar-refractivity contribution >= 4 is 53.4 Å². The number of aryl methyl sites for hydroxylation is 1. The maximum absolute atomic E-state index is 5.64. The van der Waals surface area contributed by atoms with E-state index >= 15 is 0 Å². The lowest BCUT2D eigenvalue weighted by molar-refractivity contribution is 0.412. The van der Waals surface area contributed by atoms with E-state index in [2.05, 4.69) is 93.4 Å². The van der Waals surface area contributed by atoms with Gasteiger partial charge in [-0.2, -0.15) is 0 Å². The van der Waals surface area contributed by atoms with Crippen LogP contribution >= 0.6 is 31.9 Å². The number of benzene rings is 4. The lowest BCUT2D eigenvalue weighted by Crippen LogP contribution is -1.97. The molecular weight excluding hydrogens is 504 g/mol. The van der Waals surface area contributed by atoms with E-state index in [9.17, 15) is 0 Å². The van der Waals surface area contributed by atoms with E-state index in [1.54, 1.807) is 14.2 Å². The van der Waals surface area contributed by atoms with Crippen LogP contribution in [-0.4, -0.2) is 14.2 Å². The first-order valence-corrected chi connectivity index (χ1v) is 11.7. The first kappa shape index (κ1) is 21.2. The maximum Gasteiger partial charge on any atom is 0.133 e. The van der Waals surface area contributed by atoms with Crippen LogP contribution in [0.2, 0.25) is 0 Å². The number of rotatable bonds is 6. The molecule has 4 rings (SSSR count). The summed E-state index contributed by atoms with van der Waals surface area (Å²) >= 11 is 7.42. The molecular formula is C26H24Br2O2. The minimum atomic E-state index is 0.825. The van der Waals surface area contributed by atoms with Gasteiger partial charge in [-0.3, -0.25) is 0 Å². The second kappa shape index (κ2) is 8.99. The number of hydrogen-bond acceptors (Lipinski definition) is 2. The fourth-order valence-electron chi connectivity index (χ4n) is 4.17. The molecule has 0 aromatic heterocycles. The predicted molar refractivity (Wildman–Crippen MR) is 134 cm³/mol. The van der Waals surface area contributed by atoms with E-state index < -0.39 is 0 Å². The van der Waals surface area contributed by atoms with Crippen LogP contribution in [-0.2, 0) is 6.42 Å². The lowest BCUT2D eigenvalue weighted by atomic mass is 9.86. The Morgan fingerprint density at radius 1 is 0.733 bits per heavy atom. The van der Waals surface area contributed by atoms with Gasteiger partial charge in [0.15, 0.2) is 0 Å². The van der Waals surface area contributed by atoms with Gasteiger partial charge in [-0.15, -0.1) is 0 Å². The highest BCUT2D eigenvalue weighted by Gasteiger charge is 2.19. The average molecular weight is 528 g/mol. The van der Waals surface area contributed by atoms with Crippen LogP contribution in [0.15, 0.2) is 63.5 Å². The van der Waals surface area contributed by atoms with Gasteiger partial charge in [-0.1, -0.05) is 43.7 Å². The van der Waals surface area contributed by atoms with E-state index in [-0.39, 0.29) is 0 Å². The summed E-state index contributed by atoms with van der Waals surface area (Å²) in [7, 11) is 3.42. The SMILES string of the molecule is CCCCc1c(-c2ccccc2)c2cc(Br)c(OC)cc2c2cc(OC)c(Br)cc12. The molecule has 0 aliphatic heterocycles. The molecule has 4 aromatic carbocycles. The normalized spacial score (nSPS) is 11.2. The summed E-state index contributed by atoms with van der Waals surface area (Å²) < 4.78 is 13.2. The third-order valence-corrected chi connectivity index (χ3v) is 6.85. The van der Waals surface area contributed by atoms with Crippen molar-refractivity contribution in [2.24, 2.45) is 0 Å². The molecule has 4 aromatic rings. The van der Waals surface area contributed by atoms with Gasteiger partial charge >= 0.3 is 0 Å². The zero-order valence-corrected chi connectivity index (χ0v) is 20.6. The molecule has 154 valence electrons. The molecule has 0 saturated carbocycles. The van der Waals surface area contributed by atoms with E-state index in [1.165, 1.54) is 32.8 Å². The zero-order valence-electron chi connectivity index (χ0n) is 17.4. The molecule has 2 nitrogen and oxygen atoms in total. The monoisotopic (exact) mass is 526 g/mol. The van der Waals surface area contributed by atoms with E-state index in [1.807, 2.05) is 0 Å². The molecule has 0 heterocycles. The van der Waals surface area contributed by atoms with Crippen LogP contribution in [0.5, 0.6) is 11.5 Å². The molecule has 0 radical (unpaired) electrons. The Bertz CT molecular complexity index is 1220. The van der Waals surface area contributed by atoms with Crippen LogP contribution in [0.25, 0.3) is 32.7 Å². The summed E-state index contributed by atoms with van der Waals surface area (Å²) in [6.07, 6.45) is 3.31. The fourth-order valence-corrected chi connectivity index (χ4v) is 5.18. The van der Waals surface area contributed by atoms with Crippen LogP contribution in [0.1, 0.15) is 25.3 Å². The van der Waals surface area contributed by atoms with Gasteiger partial charge < -0.3 is 9.47 Å². The summed E-state index contributed by atoms with van der Waals surface area (Å²) in [6.45, 7) is 2.24. The highest BCUT2D eigenvalue weighted by Crippen LogP contribution is 2.45. The number of halogens is 2. The Balaban J connectivity index is 2.23. The van der Waals surface area contributed by atoms with Crippen molar-refractivity contribution in [1.29, 1.82) is 0 Å². The second-order valence-corrected chi connectivity index (χ2v) is 9.10. The van der Waals surface area contributed by atoms with Gasteiger partial charge in [0.05, 0.1) is 23.2 Å². The molecule has 0 amide bonds. The summed E-state index contributed by atoms with van der Waals surface area (Å²) in [5.41, 5.74) is 3.91. The summed E-state index contributed by atoms with van der Waals surface area (Å²) in [4.78, 5) is 0. The van der Waals surface area contributed by atoms with Crippen molar-refractivity contribution < 1.29 is 9.47 Å². The Morgan fingerprint density at radius 2 is 1.30 bits per heavy atom. The molecule has 0 saturated heterocycles. The Hall–Kier alpha value is -2.04. The van der Waals surface area contributed by atoms with Crippen LogP contribution < -0.4 is 9.47 Å². The molecule has 4 heteroatoms. The number of hydrogen-bond donors (Lipinski definition) is 0. The van der Waals surface area contributed by atoms with Gasteiger partial charge in [0.1, 0.15) is 11.5 Å². The van der Waals surface area contributed by atoms with Crippen LogP contribution in [0.3, 0.4) is 0 Å². The third kappa shape index (κ3) is 3.72. The number of unbranched alkanes of at least 4 members (excludes halogenated alkanes) is 1. The second-order valence-electron chi connectivity index (χ2n) is 7.39. The number of methoxy groups -OCH3 is 2. The topological polar surface area (TPSA) is 18.5 Å². The van der Waals surface area contributed by atoms with E-state index in [4.69, 9.17) is 9.47 Å². The van der Waals surface area contributed by atoms with Crippen molar-refractivity contribution in [3.63, 3.8) is 0 Å². The quantitative estimate of drug-likeness (QED) is 0.234. The van der Waals surface area contributed by atoms with Crippen molar-refractivity contribution in [3.05, 3.63) is 69.1 Å². The molecule has 0 unspecified atom stereocenters. The number of fused-ring (bicyclic) bond motifs is 3. The molecule has 0 N–H and O–H groups in total. The summed E-state index contributed by atoms with van der Waals surface area (Å²) in [6, 6.07) is 19.4. The van der Waals surface area contributed by atoms with Crippen LogP contribution in [0, 0.1) is 0 Å². The van der Waals surface area contributed by atoms with E-state index in [0.29, 0.717) is 0 Å². The van der Waals surface area contributed by atoms with Crippen LogP contribution in [0.4, 0.5) is 0 Å². The molecule has 0 fully saturated rings. The molecule has 0 spiro atoms. The van der Waals surface area contributed by atoms with Crippen molar-refractivity contribution in [1.82, 2.24) is 0 Å². The first-order valence-electron chi connectivity index (χ1n) is 10.1. The van der Waals surface area contributed by atoms with Crippen molar-refractivity contribution in [3.8, 4) is 22.6 Å². The number of ether oxygens (including phenoxy) is 2. The third-order valence-electron chi connectivity index (χ3n) is 5.61. The smallest absolute Gasteiger partial charge is 0.133 e. The van der Waals surface area contributed by atoms with Gasteiger partial charge in [0.25, 0.3) is 0 Å². The zero-order chi connectivity index (χ0) is 21.3. The van der Waals surface area contributed by atoms with E-state index in [0.717, 1.165) is 45.1 Å². The molecule has 0 aliphatic rings. The average Bonchev–Trinajstić information content (AvgIpc) is 2.77. The highest BCUT2D eigenvalue weighted by atomic mass is 79.9. The fraction of sp³-hybridized carbons (Fsp3) is 0.231. The molecule has 0 aliphatic carbocycles. The molecule has 30 heavy (non-hydrogen) atoms. The van der Waals surface area contributed by atoms with Gasteiger partial charge in [-0.25, -0.2) is 0 Å². The first-order chi connectivity index (χ1) is 14.6. The predicted octanol–water partition coefficient (Wildman–Crippen LogP) is 8.54. The highest BCUT2D eigenvalue weighted by molar-refractivity contribution is 9.11. The van der Waals surface area contributed by atoms with Gasteiger partial charge in [-0.05, 0) is 107 Å². The van der Waals surface area contributed by atoms with Gasteiger partial charge in [0, 0.05) is 0 Å². The minimum absolute atomic E-state index is 0.825. The Labute approximate surface area is 194 Å². The Kier molecular flexibility index (Phi) is 6.35. The minimum Gasteiger partial charge on any atom is -0.496 e. The summed E-state index contributed by atoms with van der Waals surface area (Å²) in [5.74, 6) is 1.66. The molecule has 0 bridgehead atoms. The molecule has 0 atom stereocenters. The largest absolute Gasteiger partial charge is 0.496 e. The maximum atomic E-state index is 5.64. The van der Waals surface area contributed by atoms with Gasteiger partial charge in [0.2, 0.25) is 0 Å². The van der Waals surface area contributed by atoms with Crippen molar-refractivity contribution in [2.45, 2.75) is 26.2 Å². The standard InChI is InChI=1S/C26H24Br2O2/c1-4-5-11-17-18-12-22(27)24(29-2)14-19(18)20-15-25(30-3)23(28)13-21(20)26(17)16-9-7-6-8-10-16/h6-10,12-15H,4-5,11H2,1-3H3. The lowest BCUT2D eigenvalue weighted by Gasteiger charge is -2.20. The van der Waals surface area contributed by atoms with Crippen molar-refractivity contribution in [2.75, 3.05) is 14.2 Å². The summed E-state index contributed by atoms with van der Waals surface area (Å²) in [5, 5.41) is 4.82. The Morgan fingerprint density at radius 3 is 1.87 bits per heavy atom.